The largest absolute Gasteiger partial charge is 0.493 e. The molecule has 0 saturated heterocycles. The van der Waals surface area contributed by atoms with Crippen LogP contribution in [0.4, 0.5) is 0 Å². The molecule has 102 valence electrons. The van der Waals surface area contributed by atoms with Crippen LogP contribution in [0.3, 0.4) is 0 Å². The average Bonchev–Trinajstić information content (AvgIpc) is 2.34. The van der Waals surface area contributed by atoms with Gasteiger partial charge >= 0.3 is 0 Å². The molecule has 0 aliphatic rings. The monoisotopic (exact) mass is 251 g/mol. The molecule has 18 heavy (non-hydrogen) atoms. The van der Waals surface area contributed by atoms with Crippen molar-refractivity contribution in [3.8, 4) is 5.75 Å². The zero-order valence-corrected chi connectivity index (χ0v) is 11.9. The Balaban J connectivity index is 2.85. The van der Waals surface area contributed by atoms with Gasteiger partial charge < -0.3 is 15.2 Å². The second kappa shape index (κ2) is 6.76. The molecule has 0 spiro atoms. The lowest BCUT2D eigenvalue weighted by Gasteiger charge is -2.27. The van der Waals surface area contributed by atoms with E-state index >= 15 is 0 Å². The van der Waals surface area contributed by atoms with Crippen LogP contribution in [0.15, 0.2) is 24.3 Å². The van der Waals surface area contributed by atoms with Crippen LogP contribution in [0.5, 0.6) is 5.75 Å². The summed E-state index contributed by atoms with van der Waals surface area (Å²) in [4.78, 5) is 0. The number of para-hydroxylation sites is 1. The average molecular weight is 251 g/mol. The molecule has 1 atom stereocenters. The predicted octanol–water partition coefficient (Wildman–Crippen LogP) is 2.68. The molecule has 1 aromatic carbocycles. The van der Waals surface area contributed by atoms with Gasteiger partial charge in [0.1, 0.15) is 11.4 Å². The van der Waals surface area contributed by atoms with Crippen LogP contribution in [0.1, 0.15) is 39.7 Å². The topological polar surface area (TPSA) is 41.5 Å². The van der Waals surface area contributed by atoms with Gasteiger partial charge in [0.05, 0.1) is 6.61 Å². The van der Waals surface area contributed by atoms with Gasteiger partial charge in [-0.25, -0.2) is 0 Å². The zero-order valence-electron chi connectivity index (χ0n) is 11.9. The fraction of sp³-hybridized carbons (Fsp3) is 0.600. The third-order valence-corrected chi connectivity index (χ3v) is 2.78. The molecule has 0 amide bonds. The number of hydrogen-bond acceptors (Lipinski definition) is 3. The lowest BCUT2D eigenvalue weighted by molar-refractivity contribution is 0.0516. The van der Waals surface area contributed by atoms with Gasteiger partial charge in [-0.1, -0.05) is 39.0 Å². The molecule has 3 nitrogen and oxygen atoms in total. The van der Waals surface area contributed by atoms with E-state index in [9.17, 15) is 5.11 Å². The number of rotatable bonds is 7. The molecule has 0 aliphatic heterocycles. The van der Waals surface area contributed by atoms with E-state index in [1.165, 1.54) is 0 Å². The number of aliphatic hydroxyl groups is 1. The lowest BCUT2D eigenvalue weighted by Crippen LogP contribution is -2.38. The minimum Gasteiger partial charge on any atom is -0.493 e. The molecule has 0 radical (unpaired) electrons. The Morgan fingerprint density at radius 1 is 1.33 bits per heavy atom. The summed E-state index contributed by atoms with van der Waals surface area (Å²) in [6, 6.07) is 8.04. The third kappa shape index (κ3) is 4.31. The number of nitrogens with one attached hydrogen (secondary N) is 1. The first-order valence-electron chi connectivity index (χ1n) is 6.65. The standard InChI is InChI=1S/C15H25NO2/c1-5-10-18-14-9-7-6-8-13(14)15(4,17)11-16-12(2)3/h6-9,12,16-17H,5,10-11H2,1-4H3. The molecule has 0 aliphatic carbocycles. The molecular weight excluding hydrogens is 226 g/mol. The predicted molar refractivity (Wildman–Crippen MR) is 74.9 cm³/mol. The summed E-state index contributed by atoms with van der Waals surface area (Å²) in [6.07, 6.45) is 0.959. The Bertz CT molecular complexity index is 361. The van der Waals surface area contributed by atoms with Gasteiger partial charge in [0.2, 0.25) is 0 Å². The molecule has 0 bridgehead atoms. The summed E-state index contributed by atoms with van der Waals surface area (Å²) in [5, 5.41) is 13.8. The van der Waals surface area contributed by atoms with Gasteiger partial charge in [-0.15, -0.1) is 0 Å². The molecular formula is C15H25NO2. The highest BCUT2D eigenvalue weighted by Gasteiger charge is 2.26. The van der Waals surface area contributed by atoms with Crippen LogP contribution in [-0.4, -0.2) is 24.3 Å². The number of hydrogen-bond donors (Lipinski definition) is 2. The Hall–Kier alpha value is -1.06. The minimum absolute atomic E-state index is 0.347. The SMILES string of the molecule is CCCOc1ccccc1C(C)(O)CNC(C)C. The van der Waals surface area contributed by atoms with Crippen molar-refractivity contribution in [2.75, 3.05) is 13.2 Å². The zero-order chi connectivity index (χ0) is 13.6. The van der Waals surface area contributed by atoms with Crippen LogP contribution in [0.25, 0.3) is 0 Å². The van der Waals surface area contributed by atoms with Gasteiger partial charge in [-0.2, -0.15) is 0 Å². The van der Waals surface area contributed by atoms with Crippen LogP contribution in [0, 0.1) is 0 Å². The van der Waals surface area contributed by atoms with E-state index < -0.39 is 5.60 Å². The lowest BCUT2D eigenvalue weighted by atomic mass is 9.94. The molecule has 0 heterocycles. The smallest absolute Gasteiger partial charge is 0.125 e. The summed E-state index contributed by atoms with van der Waals surface area (Å²) < 4.78 is 5.69. The molecule has 1 rings (SSSR count). The molecule has 2 N–H and O–H groups in total. The van der Waals surface area contributed by atoms with Crippen molar-refractivity contribution in [2.24, 2.45) is 0 Å². The van der Waals surface area contributed by atoms with Crippen LogP contribution in [0.2, 0.25) is 0 Å². The first-order valence-corrected chi connectivity index (χ1v) is 6.65. The molecule has 1 aromatic rings. The highest BCUT2D eigenvalue weighted by molar-refractivity contribution is 5.37. The van der Waals surface area contributed by atoms with Crippen molar-refractivity contribution in [3.05, 3.63) is 29.8 Å². The molecule has 3 heteroatoms. The normalized spacial score (nSPS) is 14.6. The maximum absolute atomic E-state index is 10.6. The summed E-state index contributed by atoms with van der Waals surface area (Å²) in [7, 11) is 0. The number of benzene rings is 1. The van der Waals surface area contributed by atoms with Crippen LogP contribution >= 0.6 is 0 Å². The van der Waals surface area contributed by atoms with Crippen LogP contribution < -0.4 is 10.1 Å². The third-order valence-electron chi connectivity index (χ3n) is 2.78. The van der Waals surface area contributed by atoms with Gasteiger partial charge in [0.25, 0.3) is 0 Å². The molecule has 0 aromatic heterocycles. The van der Waals surface area contributed by atoms with Crippen molar-refractivity contribution in [1.29, 1.82) is 0 Å². The highest BCUT2D eigenvalue weighted by atomic mass is 16.5. The second-order valence-electron chi connectivity index (χ2n) is 5.15. The van der Waals surface area contributed by atoms with E-state index in [0.29, 0.717) is 19.2 Å². The van der Waals surface area contributed by atoms with E-state index in [4.69, 9.17) is 4.74 Å². The van der Waals surface area contributed by atoms with E-state index in [1.54, 1.807) is 0 Å². The van der Waals surface area contributed by atoms with E-state index in [-0.39, 0.29) is 0 Å². The summed E-state index contributed by atoms with van der Waals surface area (Å²) >= 11 is 0. The van der Waals surface area contributed by atoms with Crippen molar-refractivity contribution in [2.45, 2.75) is 45.8 Å². The fourth-order valence-corrected chi connectivity index (χ4v) is 1.75. The fourth-order valence-electron chi connectivity index (χ4n) is 1.75. The highest BCUT2D eigenvalue weighted by Crippen LogP contribution is 2.29. The van der Waals surface area contributed by atoms with E-state index in [1.807, 2.05) is 31.2 Å². The van der Waals surface area contributed by atoms with Crippen molar-refractivity contribution in [3.63, 3.8) is 0 Å². The van der Waals surface area contributed by atoms with Crippen molar-refractivity contribution >= 4 is 0 Å². The van der Waals surface area contributed by atoms with Gasteiger partial charge in [0.15, 0.2) is 0 Å². The van der Waals surface area contributed by atoms with E-state index in [2.05, 4.69) is 26.1 Å². The summed E-state index contributed by atoms with van der Waals surface area (Å²) in [6.45, 7) is 9.20. The first kappa shape index (κ1) is 15.0. The number of ether oxygens (including phenoxy) is 1. The Labute approximate surface area is 110 Å². The van der Waals surface area contributed by atoms with Crippen LogP contribution in [-0.2, 0) is 5.60 Å². The maximum Gasteiger partial charge on any atom is 0.125 e. The molecule has 1 unspecified atom stereocenters. The Morgan fingerprint density at radius 2 is 2.00 bits per heavy atom. The quantitative estimate of drug-likeness (QED) is 0.783. The maximum atomic E-state index is 10.6. The second-order valence-corrected chi connectivity index (χ2v) is 5.15. The Kier molecular flexibility index (Phi) is 5.63. The summed E-state index contributed by atoms with van der Waals surface area (Å²) in [5.74, 6) is 0.773. The van der Waals surface area contributed by atoms with Crippen molar-refractivity contribution in [1.82, 2.24) is 5.32 Å². The van der Waals surface area contributed by atoms with Gasteiger partial charge in [-0.05, 0) is 19.4 Å². The summed E-state index contributed by atoms with van der Waals surface area (Å²) in [5.41, 5.74) is -0.0826. The first-order chi connectivity index (χ1) is 8.47. The van der Waals surface area contributed by atoms with Crippen molar-refractivity contribution < 1.29 is 9.84 Å². The van der Waals surface area contributed by atoms with Gasteiger partial charge in [0, 0.05) is 18.2 Å². The molecule has 0 fully saturated rings. The van der Waals surface area contributed by atoms with Gasteiger partial charge in [-0.3, -0.25) is 0 Å². The minimum atomic E-state index is -0.922. The Morgan fingerprint density at radius 3 is 2.61 bits per heavy atom. The van der Waals surface area contributed by atoms with E-state index in [0.717, 1.165) is 17.7 Å². The molecule has 0 saturated carbocycles.